The molecule has 3 rings (SSSR count). The molecule has 0 fully saturated rings. The van der Waals surface area contributed by atoms with Gasteiger partial charge in [0.15, 0.2) is 0 Å². The Hall–Kier alpha value is -2.50. The van der Waals surface area contributed by atoms with Crippen molar-refractivity contribution < 1.29 is 18.7 Å². The molecule has 5 nitrogen and oxygen atoms in total. The third-order valence-corrected chi connectivity index (χ3v) is 5.68. The lowest BCUT2D eigenvalue weighted by Crippen LogP contribution is -2.14. The summed E-state index contributed by atoms with van der Waals surface area (Å²) in [5.74, 6) is 0.231. The quantitative estimate of drug-likeness (QED) is 0.337. The average molecular weight is 449 g/mol. The maximum atomic E-state index is 12.6. The lowest BCUT2D eigenvalue weighted by molar-refractivity contribution is -0.143. The van der Waals surface area contributed by atoms with Crippen LogP contribution in [0.2, 0.25) is 10.0 Å². The van der Waals surface area contributed by atoms with Crippen LogP contribution in [0.25, 0.3) is 11.0 Å². The molecule has 0 unspecified atom stereocenters. The SMILES string of the molecule is CCOC(=O)CCc1c(C)c2ccc(OCc3c(Cl)cccc3Cl)c(C)c2oc1=O. The first-order valence-corrected chi connectivity index (χ1v) is 10.4. The third-order valence-electron chi connectivity index (χ3n) is 4.97. The van der Waals surface area contributed by atoms with Crippen molar-refractivity contribution in [2.75, 3.05) is 6.61 Å². The highest BCUT2D eigenvalue weighted by Crippen LogP contribution is 2.32. The van der Waals surface area contributed by atoms with Gasteiger partial charge in [-0.15, -0.1) is 0 Å². The van der Waals surface area contributed by atoms with Crippen molar-refractivity contribution in [1.82, 2.24) is 0 Å². The summed E-state index contributed by atoms with van der Waals surface area (Å²) in [5, 5.41) is 1.85. The van der Waals surface area contributed by atoms with Gasteiger partial charge in [0.2, 0.25) is 0 Å². The van der Waals surface area contributed by atoms with Crippen molar-refractivity contribution in [3.63, 3.8) is 0 Å². The lowest BCUT2D eigenvalue weighted by atomic mass is 10.0. The Kier molecular flexibility index (Phi) is 7.06. The van der Waals surface area contributed by atoms with Crippen LogP contribution in [0.3, 0.4) is 0 Å². The Morgan fingerprint density at radius 1 is 1.03 bits per heavy atom. The smallest absolute Gasteiger partial charge is 0.339 e. The molecular weight excluding hydrogens is 427 g/mol. The molecule has 0 radical (unpaired) electrons. The van der Waals surface area contributed by atoms with E-state index in [9.17, 15) is 9.59 Å². The maximum absolute atomic E-state index is 12.6. The molecular formula is C23H22Cl2O5. The van der Waals surface area contributed by atoms with Gasteiger partial charge in [0.05, 0.1) is 6.61 Å². The third kappa shape index (κ3) is 4.63. The number of hydrogen-bond acceptors (Lipinski definition) is 5. The fourth-order valence-electron chi connectivity index (χ4n) is 3.30. The first-order valence-electron chi connectivity index (χ1n) is 9.60. The van der Waals surface area contributed by atoms with Crippen LogP contribution in [0.5, 0.6) is 5.75 Å². The molecule has 7 heteroatoms. The highest BCUT2D eigenvalue weighted by molar-refractivity contribution is 6.35. The molecule has 0 spiro atoms. The van der Waals surface area contributed by atoms with Crippen LogP contribution < -0.4 is 10.4 Å². The van der Waals surface area contributed by atoms with Crippen LogP contribution in [0.1, 0.15) is 35.6 Å². The molecule has 0 N–H and O–H groups in total. The number of rotatable bonds is 7. The minimum absolute atomic E-state index is 0.129. The van der Waals surface area contributed by atoms with Crippen LogP contribution in [0, 0.1) is 13.8 Å². The molecule has 3 aromatic rings. The second-order valence-corrected chi connectivity index (χ2v) is 7.67. The Labute approximate surface area is 184 Å². The Bertz CT molecular complexity index is 1130. The van der Waals surface area contributed by atoms with E-state index >= 15 is 0 Å². The van der Waals surface area contributed by atoms with Crippen LogP contribution >= 0.6 is 23.2 Å². The summed E-state index contributed by atoms with van der Waals surface area (Å²) in [6, 6.07) is 8.94. The van der Waals surface area contributed by atoms with E-state index in [1.165, 1.54) is 0 Å². The van der Waals surface area contributed by atoms with Crippen LogP contribution in [-0.2, 0) is 22.6 Å². The van der Waals surface area contributed by atoms with Gasteiger partial charge in [-0.3, -0.25) is 4.79 Å². The van der Waals surface area contributed by atoms with Crippen molar-refractivity contribution in [1.29, 1.82) is 0 Å². The van der Waals surface area contributed by atoms with Gasteiger partial charge in [0.1, 0.15) is 17.9 Å². The average Bonchev–Trinajstić information content (AvgIpc) is 2.69. The number of benzene rings is 2. The molecule has 1 aromatic heterocycles. The van der Waals surface area contributed by atoms with Gasteiger partial charge in [-0.2, -0.15) is 0 Å². The van der Waals surface area contributed by atoms with Gasteiger partial charge in [-0.05, 0) is 57.0 Å². The summed E-state index contributed by atoms with van der Waals surface area (Å²) >= 11 is 12.4. The largest absolute Gasteiger partial charge is 0.488 e. The van der Waals surface area contributed by atoms with Gasteiger partial charge < -0.3 is 13.9 Å². The van der Waals surface area contributed by atoms with E-state index in [1.54, 1.807) is 25.1 Å². The number of carbonyl (C=O) groups excluding carboxylic acids is 1. The number of hydrogen-bond donors (Lipinski definition) is 0. The molecule has 1 heterocycles. The van der Waals surface area contributed by atoms with Crippen molar-refractivity contribution in [2.45, 2.75) is 40.2 Å². The van der Waals surface area contributed by atoms with Gasteiger partial charge in [0, 0.05) is 38.5 Å². The maximum Gasteiger partial charge on any atom is 0.339 e. The summed E-state index contributed by atoms with van der Waals surface area (Å²) in [6.45, 7) is 5.92. The van der Waals surface area contributed by atoms with Crippen LogP contribution in [0.15, 0.2) is 39.5 Å². The number of aryl methyl sites for hydroxylation is 2. The van der Waals surface area contributed by atoms with E-state index in [0.29, 0.717) is 44.7 Å². The second kappa shape index (κ2) is 9.54. The van der Waals surface area contributed by atoms with Crippen molar-refractivity contribution in [3.05, 3.63) is 73.1 Å². The predicted molar refractivity (Wildman–Crippen MR) is 118 cm³/mol. The molecule has 30 heavy (non-hydrogen) atoms. The van der Waals surface area contributed by atoms with E-state index in [4.69, 9.17) is 37.1 Å². The van der Waals surface area contributed by atoms with Crippen molar-refractivity contribution in [3.8, 4) is 5.75 Å². The lowest BCUT2D eigenvalue weighted by Gasteiger charge is -2.14. The van der Waals surface area contributed by atoms with Gasteiger partial charge in [-0.1, -0.05) is 29.3 Å². The first kappa shape index (κ1) is 22.2. The first-order chi connectivity index (χ1) is 14.3. The Balaban J connectivity index is 1.90. The molecule has 0 saturated carbocycles. The van der Waals surface area contributed by atoms with Crippen LogP contribution in [-0.4, -0.2) is 12.6 Å². The minimum atomic E-state index is -0.460. The fraction of sp³-hybridized carbons (Fsp3) is 0.304. The van der Waals surface area contributed by atoms with Gasteiger partial charge in [-0.25, -0.2) is 4.79 Å². The summed E-state index contributed by atoms with van der Waals surface area (Å²) in [4.78, 5) is 24.2. The minimum Gasteiger partial charge on any atom is -0.488 e. The van der Waals surface area contributed by atoms with E-state index in [0.717, 1.165) is 10.9 Å². The molecule has 2 aromatic carbocycles. The number of fused-ring (bicyclic) bond motifs is 1. The normalized spacial score (nSPS) is 11.0. The summed E-state index contributed by atoms with van der Waals surface area (Å²) in [7, 11) is 0. The van der Waals surface area contributed by atoms with E-state index in [2.05, 4.69) is 0 Å². The monoisotopic (exact) mass is 448 g/mol. The van der Waals surface area contributed by atoms with Gasteiger partial charge in [0.25, 0.3) is 0 Å². The summed E-state index contributed by atoms with van der Waals surface area (Å²) < 4.78 is 16.5. The van der Waals surface area contributed by atoms with Crippen molar-refractivity contribution in [2.24, 2.45) is 0 Å². The fourth-order valence-corrected chi connectivity index (χ4v) is 3.80. The summed E-state index contributed by atoms with van der Waals surface area (Å²) in [6.07, 6.45) is 0.398. The molecule has 0 aliphatic rings. The molecule has 0 atom stereocenters. The summed E-state index contributed by atoms with van der Waals surface area (Å²) in [5.41, 5.74) is 2.65. The van der Waals surface area contributed by atoms with Crippen LogP contribution in [0.4, 0.5) is 0 Å². The molecule has 0 aliphatic heterocycles. The highest BCUT2D eigenvalue weighted by Gasteiger charge is 2.17. The van der Waals surface area contributed by atoms with Crippen molar-refractivity contribution >= 4 is 40.1 Å². The van der Waals surface area contributed by atoms with E-state index in [-0.39, 0.29) is 25.4 Å². The predicted octanol–water partition coefficient (Wildman–Crippen LogP) is 5.79. The molecule has 0 amide bonds. The number of ether oxygens (including phenoxy) is 2. The molecule has 0 aliphatic carbocycles. The van der Waals surface area contributed by atoms with Gasteiger partial charge >= 0.3 is 11.6 Å². The number of carbonyl (C=O) groups is 1. The topological polar surface area (TPSA) is 65.7 Å². The Morgan fingerprint density at radius 2 is 1.73 bits per heavy atom. The number of halogens is 2. The molecule has 0 bridgehead atoms. The Morgan fingerprint density at radius 3 is 2.40 bits per heavy atom. The number of esters is 1. The van der Waals surface area contributed by atoms with E-state index < -0.39 is 5.63 Å². The molecule has 158 valence electrons. The zero-order chi connectivity index (χ0) is 21.8. The zero-order valence-corrected chi connectivity index (χ0v) is 18.5. The highest BCUT2D eigenvalue weighted by atomic mass is 35.5. The molecule has 0 saturated heterocycles. The standard InChI is InChI=1S/C23H22Cl2O5/c1-4-28-21(26)11-9-16-13(2)15-8-10-20(14(3)22(15)30-23(16)27)29-12-17-18(24)6-5-7-19(17)25/h5-8,10H,4,9,11-12H2,1-3H3. The zero-order valence-electron chi connectivity index (χ0n) is 17.0. The van der Waals surface area contributed by atoms with E-state index in [1.807, 2.05) is 26.0 Å². The second-order valence-electron chi connectivity index (χ2n) is 6.85.